The van der Waals surface area contributed by atoms with Gasteiger partial charge in [-0.1, -0.05) is 11.6 Å². The molecule has 2 saturated heterocycles. The number of piperazine rings is 1. The SMILES string of the molecule is O=C(CN1CCN(C(=O)[C@@H]2CCCO2)CC1)Nc1cc(Cl)ccc1F. The van der Waals surface area contributed by atoms with Crippen LogP contribution in [0.4, 0.5) is 10.1 Å². The summed E-state index contributed by atoms with van der Waals surface area (Å²) < 4.78 is 19.1. The van der Waals surface area contributed by atoms with Crippen LogP contribution in [0.1, 0.15) is 12.8 Å². The number of benzene rings is 1. The maximum Gasteiger partial charge on any atom is 0.251 e. The number of rotatable bonds is 4. The first kappa shape index (κ1) is 18.1. The third kappa shape index (κ3) is 4.68. The van der Waals surface area contributed by atoms with Gasteiger partial charge >= 0.3 is 0 Å². The Bertz CT molecular complexity index is 644. The lowest BCUT2D eigenvalue weighted by Crippen LogP contribution is -2.52. The summed E-state index contributed by atoms with van der Waals surface area (Å²) in [5, 5.41) is 2.90. The summed E-state index contributed by atoms with van der Waals surface area (Å²) in [6, 6.07) is 4.03. The second kappa shape index (κ2) is 8.12. The molecule has 6 nitrogen and oxygen atoms in total. The fourth-order valence-electron chi connectivity index (χ4n) is 3.09. The topological polar surface area (TPSA) is 61.9 Å². The van der Waals surface area contributed by atoms with Crippen LogP contribution >= 0.6 is 11.6 Å². The van der Waals surface area contributed by atoms with Crippen molar-refractivity contribution in [3.8, 4) is 0 Å². The van der Waals surface area contributed by atoms with Gasteiger partial charge in [0.25, 0.3) is 5.91 Å². The smallest absolute Gasteiger partial charge is 0.251 e. The molecule has 1 atom stereocenters. The van der Waals surface area contributed by atoms with E-state index in [-0.39, 0.29) is 30.2 Å². The Labute approximate surface area is 150 Å². The third-order valence-corrected chi connectivity index (χ3v) is 4.69. The lowest BCUT2D eigenvalue weighted by atomic mass is 10.2. The number of ether oxygens (including phenoxy) is 1. The summed E-state index contributed by atoms with van der Waals surface area (Å²) in [6.45, 7) is 3.13. The molecule has 0 bridgehead atoms. The second-order valence-electron chi connectivity index (χ2n) is 6.28. The average Bonchev–Trinajstić information content (AvgIpc) is 3.13. The normalized spacial score (nSPS) is 21.4. The summed E-state index contributed by atoms with van der Waals surface area (Å²) in [5.41, 5.74) is 0.0738. The first-order chi connectivity index (χ1) is 12.0. The third-order valence-electron chi connectivity index (χ3n) is 4.46. The molecule has 2 aliphatic rings. The largest absolute Gasteiger partial charge is 0.368 e. The van der Waals surface area contributed by atoms with Gasteiger partial charge in [0.2, 0.25) is 5.91 Å². The number of nitrogens with zero attached hydrogens (tertiary/aromatic N) is 2. The molecular formula is C17H21ClFN3O3. The Morgan fingerprint density at radius 1 is 1.28 bits per heavy atom. The molecule has 0 saturated carbocycles. The molecule has 0 spiro atoms. The Morgan fingerprint density at radius 2 is 2.04 bits per heavy atom. The fourth-order valence-corrected chi connectivity index (χ4v) is 3.26. The molecule has 0 aliphatic carbocycles. The molecule has 3 rings (SSSR count). The van der Waals surface area contributed by atoms with Gasteiger partial charge in [-0.2, -0.15) is 0 Å². The van der Waals surface area contributed by atoms with Crippen molar-refractivity contribution < 1.29 is 18.7 Å². The average molecular weight is 370 g/mol. The maximum absolute atomic E-state index is 13.7. The summed E-state index contributed by atoms with van der Waals surface area (Å²) >= 11 is 5.82. The van der Waals surface area contributed by atoms with E-state index in [4.69, 9.17) is 16.3 Å². The molecule has 2 heterocycles. The van der Waals surface area contributed by atoms with Gasteiger partial charge in [-0.15, -0.1) is 0 Å². The van der Waals surface area contributed by atoms with Gasteiger partial charge in [0.05, 0.1) is 12.2 Å². The number of amides is 2. The number of hydrogen-bond donors (Lipinski definition) is 1. The van der Waals surface area contributed by atoms with Crippen LogP contribution in [-0.4, -0.2) is 67.0 Å². The van der Waals surface area contributed by atoms with Crippen LogP contribution in [-0.2, 0) is 14.3 Å². The Morgan fingerprint density at radius 3 is 2.72 bits per heavy atom. The van der Waals surface area contributed by atoms with Crippen molar-refractivity contribution in [2.75, 3.05) is 44.6 Å². The van der Waals surface area contributed by atoms with Gasteiger partial charge in [0.1, 0.15) is 11.9 Å². The summed E-state index contributed by atoms with van der Waals surface area (Å²) in [7, 11) is 0. The Kier molecular flexibility index (Phi) is 5.88. The van der Waals surface area contributed by atoms with Gasteiger partial charge in [0, 0.05) is 37.8 Å². The standard InChI is InChI=1S/C17H21ClFN3O3/c18-12-3-4-13(19)14(10-12)20-16(23)11-21-5-7-22(8-6-21)17(24)15-2-1-9-25-15/h3-4,10,15H,1-2,5-9,11H2,(H,20,23)/t15-/m0/s1. The minimum atomic E-state index is -0.523. The van der Waals surface area contributed by atoms with E-state index in [9.17, 15) is 14.0 Å². The van der Waals surface area contributed by atoms with E-state index in [1.54, 1.807) is 4.90 Å². The Hall–Kier alpha value is -1.70. The minimum absolute atomic E-state index is 0.0441. The van der Waals surface area contributed by atoms with Crippen molar-refractivity contribution in [2.45, 2.75) is 18.9 Å². The molecule has 1 aromatic carbocycles. The molecule has 2 fully saturated rings. The lowest BCUT2D eigenvalue weighted by molar-refractivity contribution is -0.142. The number of carbonyl (C=O) groups is 2. The number of carbonyl (C=O) groups excluding carboxylic acids is 2. The molecule has 0 aromatic heterocycles. The van der Waals surface area contributed by atoms with Crippen molar-refractivity contribution in [1.29, 1.82) is 0 Å². The number of nitrogens with one attached hydrogen (secondary N) is 1. The van der Waals surface area contributed by atoms with Crippen LogP contribution in [0.3, 0.4) is 0 Å². The van der Waals surface area contributed by atoms with Crippen molar-refractivity contribution in [2.24, 2.45) is 0 Å². The molecule has 25 heavy (non-hydrogen) atoms. The molecular weight excluding hydrogens is 349 g/mol. The van der Waals surface area contributed by atoms with Gasteiger partial charge < -0.3 is 15.0 Å². The first-order valence-corrected chi connectivity index (χ1v) is 8.78. The zero-order valence-electron chi connectivity index (χ0n) is 13.8. The van der Waals surface area contributed by atoms with Crippen LogP contribution in [0.2, 0.25) is 5.02 Å². The molecule has 2 amide bonds. The van der Waals surface area contributed by atoms with E-state index in [0.717, 1.165) is 12.8 Å². The van der Waals surface area contributed by atoms with Gasteiger partial charge in [-0.05, 0) is 31.0 Å². The van der Waals surface area contributed by atoms with E-state index in [2.05, 4.69) is 5.32 Å². The van der Waals surface area contributed by atoms with Crippen molar-refractivity contribution in [3.05, 3.63) is 29.0 Å². The van der Waals surface area contributed by atoms with Crippen molar-refractivity contribution >= 4 is 29.1 Å². The van der Waals surface area contributed by atoms with Crippen LogP contribution < -0.4 is 5.32 Å². The van der Waals surface area contributed by atoms with Gasteiger partial charge in [-0.25, -0.2) is 4.39 Å². The predicted octanol–water partition coefficient (Wildman–Crippen LogP) is 1.74. The predicted molar refractivity (Wildman–Crippen MR) is 92.0 cm³/mol. The molecule has 1 aromatic rings. The molecule has 2 aliphatic heterocycles. The second-order valence-corrected chi connectivity index (χ2v) is 6.71. The number of halogens is 2. The van der Waals surface area contributed by atoms with Crippen molar-refractivity contribution in [1.82, 2.24) is 9.80 Å². The van der Waals surface area contributed by atoms with Crippen LogP contribution in [0.5, 0.6) is 0 Å². The van der Waals surface area contributed by atoms with Crippen LogP contribution in [0, 0.1) is 5.82 Å². The molecule has 0 unspecified atom stereocenters. The van der Waals surface area contributed by atoms with E-state index in [1.165, 1.54) is 18.2 Å². The molecule has 1 N–H and O–H groups in total. The van der Waals surface area contributed by atoms with E-state index < -0.39 is 5.82 Å². The minimum Gasteiger partial charge on any atom is -0.368 e. The quantitative estimate of drug-likeness (QED) is 0.878. The zero-order valence-corrected chi connectivity index (χ0v) is 14.6. The van der Waals surface area contributed by atoms with Gasteiger partial charge in [-0.3, -0.25) is 14.5 Å². The highest BCUT2D eigenvalue weighted by Crippen LogP contribution is 2.20. The van der Waals surface area contributed by atoms with E-state index >= 15 is 0 Å². The lowest BCUT2D eigenvalue weighted by Gasteiger charge is -2.35. The summed E-state index contributed by atoms with van der Waals surface area (Å²) in [6.07, 6.45) is 1.41. The van der Waals surface area contributed by atoms with Crippen LogP contribution in [0.15, 0.2) is 18.2 Å². The van der Waals surface area contributed by atoms with Crippen molar-refractivity contribution in [3.63, 3.8) is 0 Å². The van der Waals surface area contributed by atoms with E-state index in [1.807, 2.05) is 4.90 Å². The first-order valence-electron chi connectivity index (χ1n) is 8.40. The number of hydrogen-bond acceptors (Lipinski definition) is 4. The van der Waals surface area contributed by atoms with Crippen LogP contribution in [0.25, 0.3) is 0 Å². The Balaban J connectivity index is 1.46. The molecule has 0 radical (unpaired) electrons. The summed E-state index contributed by atoms with van der Waals surface area (Å²) in [5.74, 6) is -0.785. The molecule has 136 valence electrons. The number of anilines is 1. The van der Waals surface area contributed by atoms with E-state index in [0.29, 0.717) is 37.8 Å². The monoisotopic (exact) mass is 369 g/mol. The highest BCUT2D eigenvalue weighted by molar-refractivity contribution is 6.30. The fraction of sp³-hybridized carbons (Fsp3) is 0.529. The molecule has 8 heteroatoms. The summed E-state index contributed by atoms with van der Waals surface area (Å²) in [4.78, 5) is 28.1. The zero-order chi connectivity index (χ0) is 17.8. The van der Waals surface area contributed by atoms with Gasteiger partial charge in [0.15, 0.2) is 0 Å². The maximum atomic E-state index is 13.7. The highest BCUT2D eigenvalue weighted by atomic mass is 35.5. The highest BCUT2D eigenvalue weighted by Gasteiger charge is 2.30.